The number of aromatic nitrogens is 4. The lowest BCUT2D eigenvalue weighted by atomic mass is 9.86. The van der Waals surface area contributed by atoms with E-state index in [0.29, 0.717) is 17.8 Å². The van der Waals surface area contributed by atoms with Gasteiger partial charge in [0.05, 0.1) is 16.8 Å². The van der Waals surface area contributed by atoms with E-state index in [-0.39, 0.29) is 16.2 Å². The average molecular weight is 508 g/mol. The highest BCUT2D eigenvalue weighted by Crippen LogP contribution is 2.32. The quantitative estimate of drug-likeness (QED) is 0.413. The van der Waals surface area contributed by atoms with Crippen molar-refractivity contribution in [2.45, 2.75) is 127 Å². The molecule has 0 aromatic carbocycles. The van der Waals surface area contributed by atoms with Gasteiger partial charge in [0.2, 0.25) is 0 Å². The lowest BCUT2D eigenvalue weighted by Gasteiger charge is -2.35. The SMILES string of the molecule is CC(C)C1=CC(C(C)(C)C)=[N+]N1[BH-](n1nc(C(C)(C)C)cc1C(C)C)n1nc(C(C)(C)C)cc1C(C)C. The Morgan fingerprint density at radius 2 is 1.05 bits per heavy atom. The number of rotatable bonds is 6. The third kappa shape index (κ3) is 5.91. The van der Waals surface area contributed by atoms with Gasteiger partial charge in [-0.2, -0.15) is 0 Å². The zero-order valence-corrected chi connectivity index (χ0v) is 26.4. The van der Waals surface area contributed by atoms with Crippen LogP contribution >= 0.6 is 0 Å². The van der Waals surface area contributed by atoms with Gasteiger partial charge < -0.3 is 9.19 Å². The Morgan fingerprint density at radius 3 is 1.35 bits per heavy atom. The molecule has 0 spiro atoms. The predicted molar refractivity (Wildman–Crippen MR) is 159 cm³/mol. The van der Waals surface area contributed by atoms with E-state index < -0.39 is 7.12 Å². The number of allylic oxidation sites excluding steroid dienone is 2. The van der Waals surface area contributed by atoms with Crippen molar-refractivity contribution in [3.05, 3.63) is 46.7 Å². The molecule has 0 bridgehead atoms. The summed E-state index contributed by atoms with van der Waals surface area (Å²) >= 11 is 0. The first-order valence-electron chi connectivity index (χ1n) is 14.2. The molecule has 0 atom stereocenters. The molecule has 6 nitrogen and oxygen atoms in total. The minimum absolute atomic E-state index is 0.0536. The topological polar surface area (TPSA) is 53.0 Å². The van der Waals surface area contributed by atoms with Crippen LogP contribution in [0.2, 0.25) is 0 Å². The van der Waals surface area contributed by atoms with Gasteiger partial charge in [-0.15, -0.1) is 0 Å². The molecule has 1 aliphatic rings. The molecule has 3 heterocycles. The van der Waals surface area contributed by atoms with E-state index in [9.17, 15) is 0 Å². The van der Waals surface area contributed by atoms with Crippen LogP contribution in [0.1, 0.15) is 138 Å². The van der Waals surface area contributed by atoms with Crippen molar-refractivity contribution in [1.82, 2.24) is 29.4 Å². The summed E-state index contributed by atoms with van der Waals surface area (Å²) in [6.07, 6.45) is 2.30. The Bertz CT molecular complexity index is 1110. The van der Waals surface area contributed by atoms with Crippen molar-refractivity contribution in [1.29, 1.82) is 0 Å². The molecule has 0 fully saturated rings. The molecule has 1 aliphatic heterocycles. The van der Waals surface area contributed by atoms with Crippen LogP contribution in [0.4, 0.5) is 0 Å². The van der Waals surface area contributed by atoms with Gasteiger partial charge in [-0.1, -0.05) is 83.1 Å². The maximum absolute atomic E-state index is 5.33. The lowest BCUT2D eigenvalue weighted by molar-refractivity contribution is 0.418. The summed E-state index contributed by atoms with van der Waals surface area (Å²) < 4.78 is 4.56. The highest BCUT2D eigenvalue weighted by Gasteiger charge is 2.42. The van der Waals surface area contributed by atoms with Gasteiger partial charge in [0, 0.05) is 34.0 Å². The summed E-state index contributed by atoms with van der Waals surface area (Å²) in [6, 6.07) is 4.61. The van der Waals surface area contributed by atoms with Crippen molar-refractivity contribution in [2.24, 2.45) is 11.3 Å². The molecular weight excluding hydrogens is 455 g/mol. The molecule has 0 saturated heterocycles. The summed E-state index contributed by atoms with van der Waals surface area (Å²) in [5, 5.41) is 16.0. The number of hydrogen-bond donors (Lipinski definition) is 0. The number of hydrogen-bond acceptors (Lipinski definition) is 4. The van der Waals surface area contributed by atoms with Crippen LogP contribution in [-0.2, 0) is 10.8 Å². The molecule has 0 unspecified atom stereocenters. The fourth-order valence-corrected chi connectivity index (χ4v) is 4.85. The number of nitrogens with zero attached hydrogens (tertiary/aromatic N) is 6. The maximum Gasteiger partial charge on any atom is 0.375 e. The smallest absolute Gasteiger partial charge is 0.375 e. The van der Waals surface area contributed by atoms with Crippen LogP contribution in [0.5, 0.6) is 0 Å². The van der Waals surface area contributed by atoms with E-state index in [1.54, 1.807) is 0 Å². The minimum atomic E-state index is -1.53. The van der Waals surface area contributed by atoms with Gasteiger partial charge in [-0.3, -0.25) is 0 Å². The van der Waals surface area contributed by atoms with Crippen molar-refractivity contribution in [3.8, 4) is 0 Å². The van der Waals surface area contributed by atoms with Crippen molar-refractivity contribution >= 4 is 12.8 Å². The highest BCUT2D eigenvalue weighted by molar-refractivity contribution is 6.52. The second-order valence-corrected chi connectivity index (χ2v) is 15.0. The first kappa shape index (κ1) is 29.3. The van der Waals surface area contributed by atoms with Crippen LogP contribution in [-0.4, -0.2) is 37.1 Å². The Kier molecular flexibility index (Phi) is 7.73. The molecule has 0 aliphatic carbocycles. The molecule has 205 valence electrons. The van der Waals surface area contributed by atoms with Crippen LogP contribution in [0, 0.1) is 11.3 Å². The van der Waals surface area contributed by atoms with E-state index >= 15 is 0 Å². The summed E-state index contributed by atoms with van der Waals surface area (Å²) in [7, 11) is -1.53. The predicted octanol–water partition coefficient (Wildman–Crippen LogP) is 6.63. The molecule has 2 aromatic heterocycles. The Balaban J connectivity index is 2.42. The van der Waals surface area contributed by atoms with Crippen LogP contribution in [0.25, 0.3) is 0 Å². The highest BCUT2D eigenvalue weighted by atomic mass is 15.6. The monoisotopic (exact) mass is 507 g/mol. The zero-order valence-electron chi connectivity index (χ0n) is 26.4. The van der Waals surface area contributed by atoms with Gasteiger partial charge in [0.15, 0.2) is 0 Å². The molecule has 7 heteroatoms. The van der Waals surface area contributed by atoms with E-state index in [0.717, 1.165) is 17.1 Å². The zero-order chi connectivity index (χ0) is 28.2. The Hall–Kier alpha value is -2.31. The minimum Gasteiger partial charge on any atom is -0.397 e. The Morgan fingerprint density at radius 1 is 0.649 bits per heavy atom. The van der Waals surface area contributed by atoms with E-state index in [1.165, 1.54) is 17.1 Å². The number of hydrazone groups is 1. The van der Waals surface area contributed by atoms with Gasteiger partial charge in [0.25, 0.3) is 5.71 Å². The summed E-state index contributed by atoms with van der Waals surface area (Å²) in [6.45, 7) is 33.7. The van der Waals surface area contributed by atoms with Gasteiger partial charge in [0.1, 0.15) is 5.10 Å². The van der Waals surface area contributed by atoms with Crippen molar-refractivity contribution in [3.63, 3.8) is 0 Å². The molecule has 3 rings (SSSR count). The molecule has 37 heavy (non-hydrogen) atoms. The Labute approximate surface area is 226 Å². The fourth-order valence-electron chi connectivity index (χ4n) is 4.85. The first-order chi connectivity index (χ1) is 16.7. The molecule has 2 aromatic rings. The summed E-state index contributed by atoms with van der Waals surface area (Å²) in [5.74, 6) is 0.955. The molecular formula is C30H52BN6. The third-order valence-corrected chi connectivity index (χ3v) is 7.32. The molecule has 1 radical (unpaired) electrons. The third-order valence-electron chi connectivity index (χ3n) is 7.32. The fraction of sp³-hybridized carbons (Fsp3) is 0.700. The van der Waals surface area contributed by atoms with Crippen molar-refractivity contribution in [2.75, 3.05) is 0 Å². The maximum atomic E-state index is 5.33. The second-order valence-electron chi connectivity index (χ2n) is 15.0. The van der Waals surface area contributed by atoms with Crippen molar-refractivity contribution < 1.29 is 0 Å². The van der Waals surface area contributed by atoms with Gasteiger partial charge in [-0.25, -0.2) is 15.1 Å². The first-order valence-corrected chi connectivity index (χ1v) is 14.2. The van der Waals surface area contributed by atoms with Gasteiger partial charge >= 0.3 is 7.12 Å². The lowest BCUT2D eigenvalue weighted by Crippen LogP contribution is -2.54. The summed E-state index contributed by atoms with van der Waals surface area (Å²) in [5.41, 5.74) is 6.86. The van der Waals surface area contributed by atoms with E-state index in [4.69, 9.17) is 15.3 Å². The van der Waals surface area contributed by atoms with E-state index in [1.807, 2.05) is 0 Å². The summed E-state index contributed by atoms with van der Waals surface area (Å²) in [4.78, 5) is 2.28. The molecule has 0 N–H and O–H groups in total. The van der Waals surface area contributed by atoms with Gasteiger partial charge in [-0.05, 0) is 50.7 Å². The largest absolute Gasteiger partial charge is 0.397 e. The van der Waals surface area contributed by atoms with Crippen LogP contribution < -0.4 is 5.10 Å². The molecule has 0 amide bonds. The van der Waals surface area contributed by atoms with Crippen LogP contribution in [0.3, 0.4) is 0 Å². The van der Waals surface area contributed by atoms with Crippen LogP contribution in [0.15, 0.2) is 23.9 Å². The average Bonchev–Trinajstić information content (AvgIpc) is 3.44. The second kappa shape index (κ2) is 9.78. The normalized spacial score (nSPS) is 15.6. The van der Waals surface area contributed by atoms with E-state index in [2.05, 4.69) is 136 Å². The molecule has 0 saturated carbocycles. The standard InChI is InChI=1S/C30H52BN6/c1-19(2)22-16-25(28(7,8)9)32-35(22)31(36-23(20(3)4)17-26(33-36)29(10,11)12)37-24(21(5)6)18-27(34-37)30(13,14)15/h16-21,31H,1-15H3.